The number of imide groups is 1. The molecule has 1 aromatic carbocycles. The van der Waals surface area contributed by atoms with Gasteiger partial charge in [0, 0.05) is 13.2 Å². The van der Waals surface area contributed by atoms with Crippen LogP contribution < -0.4 is 0 Å². The first-order valence-electron chi connectivity index (χ1n) is 7.26. The van der Waals surface area contributed by atoms with Crippen molar-refractivity contribution in [1.29, 1.82) is 0 Å². The number of amides is 2. The number of rotatable bonds is 3. The highest BCUT2D eigenvalue weighted by Crippen LogP contribution is 2.31. The molecule has 4 heteroatoms. The molecule has 2 unspecified atom stereocenters. The first-order chi connectivity index (χ1) is 9.70. The van der Waals surface area contributed by atoms with Crippen LogP contribution in [-0.4, -0.2) is 35.0 Å². The molecule has 0 spiro atoms. The van der Waals surface area contributed by atoms with Gasteiger partial charge < -0.3 is 5.11 Å². The van der Waals surface area contributed by atoms with Crippen molar-refractivity contribution in [2.24, 2.45) is 11.8 Å². The Bertz CT molecular complexity index is 505. The molecule has 106 valence electrons. The number of carbonyl (C=O) groups excluding carboxylic acids is 2. The molecule has 1 aliphatic carbocycles. The SMILES string of the molecule is O=C1c2ccccc2C(=O)N1CC1CCCC(CO)C1. The molecule has 1 saturated carbocycles. The molecule has 0 bridgehead atoms. The number of aliphatic hydroxyl groups is 1. The summed E-state index contributed by atoms with van der Waals surface area (Å²) >= 11 is 0. The first-order valence-corrected chi connectivity index (χ1v) is 7.26. The molecule has 1 N–H and O–H groups in total. The van der Waals surface area contributed by atoms with Gasteiger partial charge in [-0.2, -0.15) is 0 Å². The van der Waals surface area contributed by atoms with E-state index in [2.05, 4.69) is 0 Å². The lowest BCUT2D eigenvalue weighted by atomic mass is 9.81. The minimum absolute atomic E-state index is 0.170. The molecule has 2 atom stereocenters. The maximum Gasteiger partial charge on any atom is 0.261 e. The highest BCUT2D eigenvalue weighted by molar-refractivity contribution is 6.21. The van der Waals surface area contributed by atoms with Gasteiger partial charge in [0.2, 0.25) is 0 Å². The van der Waals surface area contributed by atoms with E-state index in [1.54, 1.807) is 24.3 Å². The van der Waals surface area contributed by atoms with Crippen LogP contribution in [0.25, 0.3) is 0 Å². The van der Waals surface area contributed by atoms with Crippen molar-refractivity contribution in [2.45, 2.75) is 25.7 Å². The van der Waals surface area contributed by atoms with Crippen molar-refractivity contribution in [1.82, 2.24) is 4.90 Å². The quantitative estimate of drug-likeness (QED) is 0.858. The summed E-state index contributed by atoms with van der Waals surface area (Å²) < 4.78 is 0. The van der Waals surface area contributed by atoms with Gasteiger partial charge >= 0.3 is 0 Å². The van der Waals surface area contributed by atoms with E-state index in [9.17, 15) is 14.7 Å². The minimum Gasteiger partial charge on any atom is -0.396 e. The van der Waals surface area contributed by atoms with Gasteiger partial charge in [0.05, 0.1) is 11.1 Å². The molecule has 1 aromatic rings. The molecule has 3 rings (SSSR count). The smallest absolute Gasteiger partial charge is 0.261 e. The summed E-state index contributed by atoms with van der Waals surface area (Å²) in [5.41, 5.74) is 1.04. The average Bonchev–Trinajstić information content (AvgIpc) is 2.73. The fourth-order valence-electron chi connectivity index (χ4n) is 3.40. The Hall–Kier alpha value is -1.68. The van der Waals surface area contributed by atoms with E-state index in [-0.39, 0.29) is 18.4 Å². The van der Waals surface area contributed by atoms with Crippen LogP contribution in [0.2, 0.25) is 0 Å². The van der Waals surface area contributed by atoms with E-state index in [1.165, 1.54) is 4.90 Å². The molecule has 0 radical (unpaired) electrons. The highest BCUT2D eigenvalue weighted by atomic mass is 16.3. The second-order valence-electron chi connectivity index (χ2n) is 5.85. The Balaban J connectivity index is 1.73. The molecule has 2 amide bonds. The van der Waals surface area contributed by atoms with E-state index < -0.39 is 0 Å². The fourth-order valence-corrected chi connectivity index (χ4v) is 3.40. The van der Waals surface area contributed by atoms with Gasteiger partial charge in [0.1, 0.15) is 0 Å². The van der Waals surface area contributed by atoms with Crippen LogP contribution in [0.5, 0.6) is 0 Å². The predicted octanol–water partition coefficient (Wildman–Crippen LogP) is 2.08. The molecule has 4 nitrogen and oxygen atoms in total. The second-order valence-corrected chi connectivity index (χ2v) is 5.85. The molecule has 20 heavy (non-hydrogen) atoms. The summed E-state index contributed by atoms with van der Waals surface area (Å²) in [7, 11) is 0. The lowest BCUT2D eigenvalue weighted by Gasteiger charge is -2.30. The Kier molecular flexibility index (Phi) is 3.57. The maximum absolute atomic E-state index is 12.3. The van der Waals surface area contributed by atoms with Crippen molar-refractivity contribution in [3.05, 3.63) is 35.4 Å². The third kappa shape index (κ3) is 2.24. The number of fused-ring (bicyclic) bond motifs is 1. The average molecular weight is 273 g/mol. The maximum atomic E-state index is 12.3. The molecule has 0 aromatic heterocycles. The van der Waals surface area contributed by atoms with Crippen molar-refractivity contribution in [2.75, 3.05) is 13.2 Å². The van der Waals surface area contributed by atoms with Crippen LogP contribution in [0.3, 0.4) is 0 Å². The number of hydrogen-bond acceptors (Lipinski definition) is 3. The number of benzene rings is 1. The van der Waals surface area contributed by atoms with Gasteiger partial charge in [-0.15, -0.1) is 0 Å². The van der Waals surface area contributed by atoms with Gasteiger partial charge in [-0.05, 0) is 43.2 Å². The summed E-state index contributed by atoms with van der Waals surface area (Å²) in [5, 5.41) is 9.27. The van der Waals surface area contributed by atoms with Gasteiger partial charge in [-0.1, -0.05) is 18.6 Å². The third-order valence-corrected chi connectivity index (χ3v) is 4.47. The third-order valence-electron chi connectivity index (χ3n) is 4.47. The summed E-state index contributed by atoms with van der Waals surface area (Å²) in [6, 6.07) is 7.01. The van der Waals surface area contributed by atoms with Crippen LogP contribution in [0.1, 0.15) is 46.4 Å². The van der Waals surface area contributed by atoms with Crippen LogP contribution in [0.4, 0.5) is 0 Å². The van der Waals surface area contributed by atoms with Crippen LogP contribution in [0, 0.1) is 11.8 Å². The van der Waals surface area contributed by atoms with Crippen LogP contribution >= 0.6 is 0 Å². The Morgan fingerprint density at radius 1 is 1.05 bits per heavy atom. The molecule has 1 heterocycles. The van der Waals surface area contributed by atoms with Gasteiger partial charge in [0.25, 0.3) is 11.8 Å². The zero-order valence-electron chi connectivity index (χ0n) is 11.4. The molecular weight excluding hydrogens is 254 g/mol. The lowest BCUT2D eigenvalue weighted by Crippen LogP contribution is -2.36. The summed E-state index contributed by atoms with van der Waals surface area (Å²) in [6.45, 7) is 0.696. The summed E-state index contributed by atoms with van der Waals surface area (Å²) in [6.07, 6.45) is 4.06. The molecule has 1 aliphatic heterocycles. The standard InChI is InChI=1S/C16H19NO3/c18-10-12-5-3-4-11(8-12)9-17-15(19)13-6-1-2-7-14(13)16(17)20/h1-2,6-7,11-12,18H,3-5,8-10H2. The summed E-state index contributed by atoms with van der Waals surface area (Å²) in [5.74, 6) is 0.306. The van der Waals surface area contributed by atoms with Gasteiger partial charge in [0.15, 0.2) is 0 Å². The van der Waals surface area contributed by atoms with E-state index >= 15 is 0 Å². The van der Waals surface area contributed by atoms with Crippen molar-refractivity contribution in [3.8, 4) is 0 Å². The molecule has 1 fully saturated rings. The van der Waals surface area contributed by atoms with Crippen molar-refractivity contribution >= 4 is 11.8 Å². The second kappa shape index (κ2) is 5.37. The zero-order valence-corrected chi connectivity index (χ0v) is 11.4. The largest absolute Gasteiger partial charge is 0.396 e. The van der Waals surface area contributed by atoms with E-state index in [0.29, 0.717) is 29.5 Å². The Labute approximate surface area is 118 Å². The van der Waals surface area contributed by atoms with E-state index in [1.807, 2.05) is 0 Å². The van der Waals surface area contributed by atoms with Crippen molar-refractivity contribution in [3.63, 3.8) is 0 Å². The van der Waals surface area contributed by atoms with Crippen molar-refractivity contribution < 1.29 is 14.7 Å². The molecule has 0 saturated heterocycles. The topological polar surface area (TPSA) is 57.6 Å². The number of aliphatic hydroxyl groups excluding tert-OH is 1. The first kappa shape index (κ1) is 13.3. The Morgan fingerprint density at radius 2 is 1.65 bits per heavy atom. The zero-order chi connectivity index (χ0) is 14.1. The van der Waals surface area contributed by atoms with Crippen LogP contribution in [-0.2, 0) is 0 Å². The minimum atomic E-state index is -0.170. The normalized spacial score (nSPS) is 25.9. The highest BCUT2D eigenvalue weighted by Gasteiger charge is 2.37. The number of carbonyl (C=O) groups is 2. The van der Waals surface area contributed by atoms with E-state index in [4.69, 9.17) is 0 Å². The van der Waals surface area contributed by atoms with Crippen LogP contribution in [0.15, 0.2) is 24.3 Å². The van der Waals surface area contributed by atoms with Gasteiger partial charge in [-0.3, -0.25) is 14.5 Å². The predicted molar refractivity (Wildman–Crippen MR) is 74.3 cm³/mol. The summed E-state index contributed by atoms with van der Waals surface area (Å²) in [4.78, 5) is 26.0. The number of nitrogens with zero attached hydrogens (tertiary/aromatic N) is 1. The number of hydrogen-bond donors (Lipinski definition) is 1. The molecule has 2 aliphatic rings. The monoisotopic (exact) mass is 273 g/mol. The fraction of sp³-hybridized carbons (Fsp3) is 0.500. The van der Waals surface area contributed by atoms with E-state index in [0.717, 1.165) is 25.7 Å². The van der Waals surface area contributed by atoms with Gasteiger partial charge in [-0.25, -0.2) is 0 Å². The molecular formula is C16H19NO3. The lowest BCUT2D eigenvalue weighted by molar-refractivity contribution is 0.0595. The Morgan fingerprint density at radius 3 is 2.25 bits per heavy atom.